The predicted octanol–water partition coefficient (Wildman–Crippen LogP) is 1.66. The molecule has 0 atom stereocenters. The zero-order chi connectivity index (χ0) is 10.6. The average Bonchev–Trinajstić information content (AvgIpc) is 2.20. The summed E-state index contributed by atoms with van der Waals surface area (Å²) >= 11 is 0. The molecule has 80 valence electrons. The van der Waals surface area contributed by atoms with E-state index in [1.807, 2.05) is 0 Å². The summed E-state index contributed by atoms with van der Waals surface area (Å²) < 4.78 is 5.02. The van der Waals surface area contributed by atoms with Crippen molar-refractivity contribution < 1.29 is 14.6 Å². The number of carbonyl (C=O) groups excluding carboxylic acids is 1. The van der Waals surface area contributed by atoms with Gasteiger partial charge in [-0.1, -0.05) is 6.08 Å². The molecule has 0 bridgehead atoms. The van der Waals surface area contributed by atoms with Crippen molar-refractivity contribution in [2.45, 2.75) is 38.7 Å². The molecule has 3 nitrogen and oxygen atoms in total. The highest BCUT2D eigenvalue weighted by Crippen LogP contribution is 2.38. The lowest BCUT2D eigenvalue weighted by Gasteiger charge is -2.33. The first-order valence-corrected chi connectivity index (χ1v) is 5.13. The molecule has 1 aliphatic rings. The second-order valence-electron chi connectivity index (χ2n) is 3.81. The maximum absolute atomic E-state index is 11.7. The highest BCUT2D eigenvalue weighted by atomic mass is 16.5. The van der Waals surface area contributed by atoms with Gasteiger partial charge in [-0.05, 0) is 32.6 Å². The third-order valence-electron chi connectivity index (χ3n) is 2.92. The summed E-state index contributed by atoms with van der Waals surface area (Å²) in [6.07, 6.45) is 4.03. The molecule has 0 aliphatic heterocycles. The van der Waals surface area contributed by atoms with Gasteiger partial charge in [-0.15, -0.1) is 6.58 Å². The Hall–Kier alpha value is -0.830. The molecule has 0 amide bonds. The number of hydrogen-bond donors (Lipinski definition) is 1. The van der Waals surface area contributed by atoms with Gasteiger partial charge in [0, 0.05) is 0 Å². The van der Waals surface area contributed by atoms with Gasteiger partial charge in [0.15, 0.2) is 0 Å². The van der Waals surface area contributed by atoms with E-state index in [0.717, 1.165) is 0 Å². The van der Waals surface area contributed by atoms with E-state index in [0.29, 0.717) is 32.3 Å². The molecule has 1 N–H and O–H groups in total. The first-order valence-electron chi connectivity index (χ1n) is 5.13. The second kappa shape index (κ2) is 4.60. The SMILES string of the molecule is C=C[C@]1(C(=O)OCC)CC[C@@H](O)CC1. The quantitative estimate of drug-likeness (QED) is 0.554. The van der Waals surface area contributed by atoms with Gasteiger partial charge in [0.2, 0.25) is 0 Å². The van der Waals surface area contributed by atoms with Crippen molar-refractivity contribution in [1.29, 1.82) is 0 Å². The minimum atomic E-state index is -0.546. The Bertz CT molecular complexity index is 215. The van der Waals surface area contributed by atoms with Crippen molar-refractivity contribution in [3.63, 3.8) is 0 Å². The lowest BCUT2D eigenvalue weighted by molar-refractivity contribution is -0.155. The van der Waals surface area contributed by atoms with Crippen molar-refractivity contribution in [2.75, 3.05) is 6.61 Å². The third kappa shape index (κ3) is 2.15. The number of aliphatic hydroxyl groups excluding tert-OH is 1. The largest absolute Gasteiger partial charge is 0.465 e. The topological polar surface area (TPSA) is 46.5 Å². The van der Waals surface area contributed by atoms with Crippen molar-refractivity contribution in [1.82, 2.24) is 0 Å². The highest BCUT2D eigenvalue weighted by Gasteiger charge is 2.40. The van der Waals surface area contributed by atoms with Crippen molar-refractivity contribution in [3.05, 3.63) is 12.7 Å². The van der Waals surface area contributed by atoms with Gasteiger partial charge in [0.25, 0.3) is 0 Å². The van der Waals surface area contributed by atoms with Gasteiger partial charge in [-0.25, -0.2) is 0 Å². The minimum absolute atomic E-state index is 0.193. The van der Waals surface area contributed by atoms with Crippen LogP contribution in [0.15, 0.2) is 12.7 Å². The average molecular weight is 198 g/mol. The molecule has 0 radical (unpaired) electrons. The molecule has 1 fully saturated rings. The number of hydrogen-bond acceptors (Lipinski definition) is 3. The fourth-order valence-corrected chi connectivity index (χ4v) is 1.88. The molecular formula is C11H18O3. The summed E-state index contributed by atoms with van der Waals surface area (Å²) in [7, 11) is 0. The van der Waals surface area contributed by atoms with Gasteiger partial charge in [0.1, 0.15) is 0 Å². The first kappa shape index (κ1) is 11.2. The molecule has 0 aromatic heterocycles. The monoisotopic (exact) mass is 198 g/mol. The van der Waals surface area contributed by atoms with E-state index in [9.17, 15) is 9.90 Å². The van der Waals surface area contributed by atoms with Crippen LogP contribution in [0.4, 0.5) is 0 Å². The van der Waals surface area contributed by atoms with Crippen LogP contribution in [-0.4, -0.2) is 23.8 Å². The summed E-state index contributed by atoms with van der Waals surface area (Å²) in [4.78, 5) is 11.7. The van der Waals surface area contributed by atoms with E-state index in [1.54, 1.807) is 13.0 Å². The molecule has 0 aromatic carbocycles. The predicted molar refractivity (Wildman–Crippen MR) is 53.7 cm³/mol. The van der Waals surface area contributed by atoms with Crippen molar-refractivity contribution in [3.8, 4) is 0 Å². The Kier molecular flexibility index (Phi) is 3.69. The fourth-order valence-electron chi connectivity index (χ4n) is 1.88. The van der Waals surface area contributed by atoms with E-state index in [2.05, 4.69) is 6.58 Å². The normalized spacial score (nSPS) is 32.3. The second-order valence-corrected chi connectivity index (χ2v) is 3.81. The first-order chi connectivity index (χ1) is 6.64. The molecule has 0 heterocycles. The van der Waals surface area contributed by atoms with Gasteiger partial charge in [0.05, 0.1) is 18.1 Å². The van der Waals surface area contributed by atoms with Gasteiger partial charge in [-0.2, -0.15) is 0 Å². The number of ether oxygens (including phenoxy) is 1. The third-order valence-corrected chi connectivity index (χ3v) is 2.92. The molecule has 1 saturated carbocycles. The Morgan fingerprint density at radius 2 is 2.21 bits per heavy atom. The maximum atomic E-state index is 11.7. The fraction of sp³-hybridized carbons (Fsp3) is 0.727. The lowest BCUT2D eigenvalue weighted by Crippen LogP contribution is -2.36. The van der Waals surface area contributed by atoms with Crippen LogP contribution in [0.5, 0.6) is 0 Å². The van der Waals surface area contributed by atoms with Gasteiger partial charge >= 0.3 is 5.97 Å². The van der Waals surface area contributed by atoms with Crippen molar-refractivity contribution in [2.24, 2.45) is 5.41 Å². The van der Waals surface area contributed by atoms with E-state index >= 15 is 0 Å². The summed E-state index contributed by atoms with van der Waals surface area (Å²) in [6.45, 7) is 5.90. The van der Waals surface area contributed by atoms with Crippen LogP contribution in [0.2, 0.25) is 0 Å². The van der Waals surface area contributed by atoms with E-state index in [4.69, 9.17) is 4.74 Å². The Morgan fingerprint density at radius 1 is 1.64 bits per heavy atom. The number of rotatable bonds is 3. The zero-order valence-electron chi connectivity index (χ0n) is 8.66. The molecule has 0 aromatic rings. The molecule has 0 spiro atoms. The maximum Gasteiger partial charge on any atom is 0.315 e. The highest BCUT2D eigenvalue weighted by molar-refractivity contribution is 5.79. The Balaban J connectivity index is 2.67. The Morgan fingerprint density at radius 3 is 2.64 bits per heavy atom. The van der Waals surface area contributed by atoms with Crippen LogP contribution in [0.25, 0.3) is 0 Å². The van der Waals surface area contributed by atoms with Gasteiger partial charge in [-0.3, -0.25) is 4.79 Å². The molecule has 1 rings (SSSR count). The van der Waals surface area contributed by atoms with E-state index < -0.39 is 5.41 Å². The number of carbonyl (C=O) groups is 1. The van der Waals surface area contributed by atoms with Gasteiger partial charge < -0.3 is 9.84 Å². The lowest BCUT2D eigenvalue weighted by atomic mass is 9.73. The summed E-state index contributed by atoms with van der Waals surface area (Å²) in [6, 6.07) is 0. The summed E-state index contributed by atoms with van der Waals surface area (Å²) in [5.74, 6) is -0.193. The van der Waals surface area contributed by atoms with Crippen LogP contribution in [0, 0.1) is 5.41 Å². The van der Waals surface area contributed by atoms with E-state index in [-0.39, 0.29) is 12.1 Å². The molecule has 0 saturated heterocycles. The van der Waals surface area contributed by atoms with Crippen LogP contribution in [0.1, 0.15) is 32.6 Å². The van der Waals surface area contributed by atoms with Crippen LogP contribution in [-0.2, 0) is 9.53 Å². The van der Waals surface area contributed by atoms with Crippen molar-refractivity contribution >= 4 is 5.97 Å². The van der Waals surface area contributed by atoms with Crippen LogP contribution in [0.3, 0.4) is 0 Å². The molecule has 1 aliphatic carbocycles. The summed E-state index contributed by atoms with van der Waals surface area (Å²) in [5, 5.41) is 9.36. The summed E-state index contributed by atoms with van der Waals surface area (Å²) in [5.41, 5.74) is -0.546. The standard InChI is InChI=1S/C11H18O3/c1-3-11(10(13)14-4-2)7-5-9(12)6-8-11/h3,9,12H,1,4-8H2,2H3/t9-,11+. The molecule has 3 heteroatoms. The van der Waals surface area contributed by atoms with E-state index in [1.165, 1.54) is 0 Å². The minimum Gasteiger partial charge on any atom is -0.465 e. The molecule has 14 heavy (non-hydrogen) atoms. The van der Waals surface area contributed by atoms with Crippen LogP contribution < -0.4 is 0 Å². The number of aliphatic hydroxyl groups is 1. The number of esters is 1. The van der Waals surface area contributed by atoms with Crippen LogP contribution >= 0.6 is 0 Å². The smallest absolute Gasteiger partial charge is 0.315 e. The molecule has 0 unspecified atom stereocenters. The zero-order valence-corrected chi connectivity index (χ0v) is 8.66. The molecular weight excluding hydrogens is 180 g/mol. The Labute approximate surface area is 84.8 Å².